The van der Waals surface area contributed by atoms with Crippen molar-refractivity contribution < 1.29 is 45.0 Å². The van der Waals surface area contributed by atoms with Crippen molar-refractivity contribution >= 4 is 11.9 Å². The van der Waals surface area contributed by atoms with Crippen LogP contribution in [-0.4, -0.2) is 81.2 Å². The number of carboxylic acids is 2. The van der Waals surface area contributed by atoms with E-state index in [0.717, 1.165) is 0 Å². The average molecular weight is 256 g/mol. The summed E-state index contributed by atoms with van der Waals surface area (Å²) < 4.78 is 4.63. The monoisotopic (exact) mass is 256 g/mol. The Kier molecular flexibility index (Phi) is 12.0. The molecule has 0 fully saturated rings. The maximum atomic E-state index is 9.77. The molecule has 0 heterocycles. The largest absolute Gasteiger partial charge is 0.479 e. The summed E-state index contributed by atoms with van der Waals surface area (Å²) >= 11 is 0. The third-order valence-electron chi connectivity index (χ3n) is 1.28. The fourth-order valence-corrected chi connectivity index (χ4v) is 0.501. The second kappa shape index (κ2) is 11.2. The van der Waals surface area contributed by atoms with Crippen molar-refractivity contribution in [3.8, 4) is 0 Å². The van der Waals surface area contributed by atoms with Gasteiger partial charge in [0.1, 0.15) is 0 Å². The summed E-state index contributed by atoms with van der Waals surface area (Å²) in [5.74, 6) is -3.54. The quantitative estimate of drug-likeness (QED) is 0.258. The number of aliphatic carboxylic acids is 2. The van der Waals surface area contributed by atoms with E-state index in [1.807, 2.05) is 0 Å². The molecule has 0 bridgehead atoms. The van der Waals surface area contributed by atoms with Crippen molar-refractivity contribution in [2.24, 2.45) is 0 Å². The van der Waals surface area contributed by atoms with Crippen LogP contribution in [0.1, 0.15) is 0 Å². The maximum absolute atomic E-state index is 9.77. The molecule has 0 saturated heterocycles. The lowest BCUT2D eigenvalue weighted by Crippen LogP contribution is -2.39. The molecule has 102 valence electrons. The maximum Gasteiger partial charge on any atom is 0.335 e. The summed E-state index contributed by atoms with van der Waals surface area (Å²) in [4.78, 5) is 19.5. The molecule has 0 aliphatic rings. The molecule has 0 aromatic rings. The molecular formula is C8H16O9. The molecule has 0 aromatic heterocycles. The van der Waals surface area contributed by atoms with Crippen molar-refractivity contribution in [1.29, 1.82) is 0 Å². The Morgan fingerprint density at radius 3 is 1.35 bits per heavy atom. The van der Waals surface area contributed by atoms with Gasteiger partial charge < -0.3 is 35.4 Å². The molecule has 0 amide bonds. The first-order chi connectivity index (χ1) is 7.88. The first-order valence-electron chi connectivity index (χ1n) is 4.49. The second-order valence-electron chi connectivity index (χ2n) is 2.63. The van der Waals surface area contributed by atoms with Crippen molar-refractivity contribution in [2.45, 2.75) is 12.2 Å². The number of aliphatic hydroxyl groups is 4. The van der Waals surface area contributed by atoms with Crippen LogP contribution in [0.25, 0.3) is 0 Å². The fraction of sp³-hybridized carbons (Fsp3) is 0.750. The van der Waals surface area contributed by atoms with E-state index in [-0.39, 0.29) is 13.2 Å². The third-order valence-corrected chi connectivity index (χ3v) is 1.28. The summed E-state index contributed by atoms with van der Waals surface area (Å²) in [5, 5.41) is 48.7. The van der Waals surface area contributed by atoms with E-state index < -0.39 is 24.1 Å². The van der Waals surface area contributed by atoms with E-state index in [9.17, 15) is 9.59 Å². The topological polar surface area (TPSA) is 165 Å². The van der Waals surface area contributed by atoms with Gasteiger partial charge in [0.2, 0.25) is 0 Å². The molecule has 0 radical (unpaired) electrons. The number of hydrogen-bond acceptors (Lipinski definition) is 7. The minimum Gasteiger partial charge on any atom is -0.479 e. The Morgan fingerprint density at radius 1 is 0.882 bits per heavy atom. The first kappa shape index (κ1) is 18.1. The van der Waals surface area contributed by atoms with Crippen LogP contribution < -0.4 is 0 Å². The highest BCUT2D eigenvalue weighted by Crippen LogP contribution is 1.92. The molecule has 9 heteroatoms. The Balaban J connectivity index is 0. The molecule has 0 rings (SSSR count). The van der Waals surface area contributed by atoms with E-state index in [1.54, 1.807) is 0 Å². The van der Waals surface area contributed by atoms with Gasteiger partial charge >= 0.3 is 11.9 Å². The van der Waals surface area contributed by atoms with Gasteiger partial charge in [-0.2, -0.15) is 0 Å². The molecule has 6 N–H and O–H groups in total. The van der Waals surface area contributed by atoms with Crippen LogP contribution in [0.3, 0.4) is 0 Å². The average Bonchev–Trinajstić information content (AvgIpc) is 2.28. The van der Waals surface area contributed by atoms with Gasteiger partial charge in [-0.05, 0) is 0 Å². The van der Waals surface area contributed by atoms with Gasteiger partial charge in [0.25, 0.3) is 0 Å². The molecule has 2 unspecified atom stereocenters. The number of aliphatic hydroxyl groups excluding tert-OH is 4. The summed E-state index contributed by atoms with van der Waals surface area (Å²) in [6.45, 7) is 0.696. The SMILES string of the molecule is O=C(O)C(O)C(O)C(=O)O.OCCOCCO. The number of hydrogen-bond donors (Lipinski definition) is 6. The fourth-order valence-electron chi connectivity index (χ4n) is 0.501. The highest BCUT2D eigenvalue weighted by molar-refractivity contribution is 5.83. The summed E-state index contributed by atoms with van der Waals surface area (Å²) in [5.41, 5.74) is 0. The second-order valence-corrected chi connectivity index (χ2v) is 2.63. The molecule has 0 saturated carbocycles. The third kappa shape index (κ3) is 11.0. The van der Waals surface area contributed by atoms with Crippen molar-refractivity contribution in [1.82, 2.24) is 0 Å². The zero-order valence-electron chi connectivity index (χ0n) is 8.89. The van der Waals surface area contributed by atoms with E-state index in [2.05, 4.69) is 4.74 Å². The molecule has 2 atom stereocenters. The molecular weight excluding hydrogens is 240 g/mol. The van der Waals surface area contributed by atoms with Gasteiger partial charge in [-0.15, -0.1) is 0 Å². The Bertz CT molecular complexity index is 195. The standard InChI is InChI=1S/C4H6O6.C4H10O3/c5-1(3(7)8)2(6)4(9)10;5-1-3-7-4-2-6/h1-2,5-6H,(H,7,8)(H,9,10);5-6H,1-4H2. The van der Waals surface area contributed by atoms with Gasteiger partial charge in [-0.1, -0.05) is 0 Å². The summed E-state index contributed by atoms with van der Waals surface area (Å²) in [6, 6.07) is 0. The van der Waals surface area contributed by atoms with Gasteiger partial charge in [0.15, 0.2) is 12.2 Å². The number of carboxylic acid groups (broad SMARTS) is 2. The van der Waals surface area contributed by atoms with Gasteiger partial charge in [-0.25, -0.2) is 9.59 Å². The molecule has 17 heavy (non-hydrogen) atoms. The number of ether oxygens (including phenoxy) is 1. The highest BCUT2D eigenvalue weighted by Gasteiger charge is 2.29. The van der Waals surface area contributed by atoms with Crippen LogP contribution in [0, 0.1) is 0 Å². The molecule has 0 aromatic carbocycles. The Hall–Kier alpha value is -1.26. The van der Waals surface area contributed by atoms with Crippen molar-refractivity contribution in [3.05, 3.63) is 0 Å². The molecule has 0 spiro atoms. The minimum absolute atomic E-state index is 0.0278. The first-order valence-corrected chi connectivity index (χ1v) is 4.49. The minimum atomic E-state index is -2.27. The van der Waals surface area contributed by atoms with Crippen LogP contribution in [-0.2, 0) is 14.3 Å². The zero-order valence-corrected chi connectivity index (χ0v) is 8.89. The van der Waals surface area contributed by atoms with Crippen molar-refractivity contribution in [2.75, 3.05) is 26.4 Å². The van der Waals surface area contributed by atoms with Crippen LogP contribution in [0.4, 0.5) is 0 Å². The number of carbonyl (C=O) groups is 2. The van der Waals surface area contributed by atoms with E-state index in [1.165, 1.54) is 0 Å². The van der Waals surface area contributed by atoms with Crippen LogP contribution in [0.5, 0.6) is 0 Å². The highest BCUT2D eigenvalue weighted by atomic mass is 16.5. The molecule has 9 nitrogen and oxygen atoms in total. The lowest BCUT2D eigenvalue weighted by Gasteiger charge is -2.07. The van der Waals surface area contributed by atoms with Gasteiger partial charge in [-0.3, -0.25) is 0 Å². The normalized spacial score (nSPS) is 13.2. The number of rotatable bonds is 7. The smallest absolute Gasteiger partial charge is 0.335 e. The Labute approximate surface area is 96.5 Å². The predicted octanol–water partition coefficient (Wildman–Crippen LogP) is -3.13. The van der Waals surface area contributed by atoms with Crippen LogP contribution in [0.15, 0.2) is 0 Å². The molecule has 0 aliphatic carbocycles. The lowest BCUT2D eigenvalue weighted by atomic mass is 10.2. The van der Waals surface area contributed by atoms with E-state index in [4.69, 9.17) is 30.6 Å². The summed E-state index contributed by atoms with van der Waals surface area (Å²) in [6.07, 6.45) is -4.53. The Morgan fingerprint density at radius 2 is 1.18 bits per heavy atom. The lowest BCUT2D eigenvalue weighted by molar-refractivity contribution is -0.165. The predicted molar refractivity (Wildman–Crippen MR) is 52.3 cm³/mol. The van der Waals surface area contributed by atoms with E-state index >= 15 is 0 Å². The van der Waals surface area contributed by atoms with Crippen LogP contribution >= 0.6 is 0 Å². The van der Waals surface area contributed by atoms with Gasteiger partial charge in [0, 0.05) is 0 Å². The van der Waals surface area contributed by atoms with Gasteiger partial charge in [0.05, 0.1) is 26.4 Å². The summed E-state index contributed by atoms with van der Waals surface area (Å²) in [7, 11) is 0. The van der Waals surface area contributed by atoms with E-state index in [0.29, 0.717) is 13.2 Å². The van der Waals surface area contributed by atoms with Crippen LogP contribution in [0.2, 0.25) is 0 Å². The van der Waals surface area contributed by atoms with Crippen molar-refractivity contribution in [3.63, 3.8) is 0 Å². The molecule has 0 aliphatic heterocycles. The zero-order chi connectivity index (χ0) is 13.8.